The standard InChI is InChI=1S/C14H16F4N2.C2H6/c1-19-5-9-7-20(8-10(9)6-19)13-3-2-11(15)4-12(13)14(16,17)18;1-2/h2-4,9-10H,5-8H2,1H3;1-2H3. The predicted octanol–water partition coefficient (Wildman–Crippen LogP) is 3.87. The predicted molar refractivity (Wildman–Crippen MR) is 79.4 cm³/mol. The number of likely N-dealkylation sites (tertiary alicyclic amines) is 1. The monoisotopic (exact) mass is 318 g/mol. The molecule has 1 aromatic rings. The molecular weight excluding hydrogens is 296 g/mol. The fraction of sp³-hybridized carbons (Fsp3) is 0.625. The van der Waals surface area contributed by atoms with Crippen molar-refractivity contribution >= 4 is 5.69 Å². The number of hydrogen-bond donors (Lipinski definition) is 0. The van der Waals surface area contributed by atoms with Gasteiger partial charge in [-0.25, -0.2) is 4.39 Å². The molecule has 0 N–H and O–H groups in total. The van der Waals surface area contributed by atoms with Gasteiger partial charge in [0.15, 0.2) is 0 Å². The Morgan fingerprint density at radius 2 is 1.55 bits per heavy atom. The van der Waals surface area contributed by atoms with Crippen LogP contribution in [0, 0.1) is 17.7 Å². The first-order valence-corrected chi connectivity index (χ1v) is 7.65. The molecule has 2 unspecified atom stereocenters. The van der Waals surface area contributed by atoms with Crippen molar-refractivity contribution in [3.05, 3.63) is 29.6 Å². The third-order valence-corrected chi connectivity index (χ3v) is 4.27. The summed E-state index contributed by atoms with van der Waals surface area (Å²) in [5.41, 5.74) is -0.762. The molecule has 2 aliphatic rings. The second kappa shape index (κ2) is 6.44. The van der Waals surface area contributed by atoms with Crippen molar-refractivity contribution in [2.45, 2.75) is 20.0 Å². The number of benzene rings is 1. The molecule has 2 heterocycles. The SMILES string of the molecule is CC.CN1CC2CN(c3ccc(F)cc3C(F)(F)F)CC2C1. The van der Waals surface area contributed by atoms with Gasteiger partial charge < -0.3 is 9.80 Å². The zero-order valence-electron chi connectivity index (χ0n) is 13.1. The van der Waals surface area contributed by atoms with Crippen LogP contribution in [0.5, 0.6) is 0 Å². The Hall–Kier alpha value is -1.30. The minimum absolute atomic E-state index is 0.107. The number of nitrogens with zero attached hydrogens (tertiary/aromatic N) is 2. The van der Waals surface area contributed by atoms with Gasteiger partial charge in [0.25, 0.3) is 0 Å². The molecule has 0 aliphatic carbocycles. The molecule has 124 valence electrons. The molecule has 0 radical (unpaired) electrons. The third kappa shape index (κ3) is 3.37. The van der Waals surface area contributed by atoms with E-state index in [0.29, 0.717) is 31.0 Å². The van der Waals surface area contributed by atoms with Crippen LogP contribution in [-0.2, 0) is 6.18 Å². The van der Waals surface area contributed by atoms with E-state index in [-0.39, 0.29) is 5.69 Å². The summed E-state index contributed by atoms with van der Waals surface area (Å²) in [7, 11) is 2.03. The molecular formula is C16H22F4N2. The summed E-state index contributed by atoms with van der Waals surface area (Å²) in [6, 6.07) is 2.95. The lowest BCUT2D eigenvalue weighted by atomic mass is 10.0. The van der Waals surface area contributed by atoms with Crippen LogP contribution >= 0.6 is 0 Å². The van der Waals surface area contributed by atoms with Crippen LogP contribution in [0.15, 0.2) is 18.2 Å². The van der Waals surface area contributed by atoms with Crippen LogP contribution in [0.2, 0.25) is 0 Å². The van der Waals surface area contributed by atoms with Crippen LogP contribution < -0.4 is 4.90 Å². The maximum atomic E-state index is 13.1. The van der Waals surface area contributed by atoms with Crippen LogP contribution in [-0.4, -0.2) is 38.1 Å². The van der Waals surface area contributed by atoms with E-state index in [2.05, 4.69) is 4.90 Å². The van der Waals surface area contributed by atoms with E-state index < -0.39 is 17.6 Å². The van der Waals surface area contributed by atoms with Gasteiger partial charge in [0.2, 0.25) is 0 Å². The Morgan fingerprint density at radius 3 is 2.05 bits per heavy atom. The molecule has 0 amide bonds. The van der Waals surface area contributed by atoms with Crippen LogP contribution in [0.25, 0.3) is 0 Å². The maximum Gasteiger partial charge on any atom is 0.418 e. The Labute approximate surface area is 128 Å². The molecule has 0 spiro atoms. The second-order valence-corrected chi connectivity index (χ2v) is 5.81. The van der Waals surface area contributed by atoms with Crippen molar-refractivity contribution < 1.29 is 17.6 Å². The number of rotatable bonds is 1. The number of hydrogen-bond acceptors (Lipinski definition) is 2. The molecule has 2 saturated heterocycles. The van der Waals surface area contributed by atoms with Crippen molar-refractivity contribution in [1.82, 2.24) is 4.90 Å². The molecule has 1 aromatic carbocycles. The molecule has 6 heteroatoms. The van der Waals surface area contributed by atoms with Gasteiger partial charge in [0.1, 0.15) is 5.82 Å². The summed E-state index contributed by atoms with van der Waals surface area (Å²) in [5.74, 6) is -0.0301. The number of anilines is 1. The third-order valence-electron chi connectivity index (χ3n) is 4.27. The fourth-order valence-corrected chi connectivity index (χ4v) is 3.44. The van der Waals surface area contributed by atoms with Gasteiger partial charge in [-0.3, -0.25) is 0 Å². The van der Waals surface area contributed by atoms with Crippen LogP contribution in [0.1, 0.15) is 19.4 Å². The van der Waals surface area contributed by atoms with E-state index >= 15 is 0 Å². The second-order valence-electron chi connectivity index (χ2n) is 5.81. The lowest BCUT2D eigenvalue weighted by Gasteiger charge is -2.25. The first-order chi connectivity index (χ1) is 10.3. The molecule has 0 aromatic heterocycles. The molecule has 2 atom stereocenters. The highest BCUT2D eigenvalue weighted by atomic mass is 19.4. The van der Waals surface area contributed by atoms with Gasteiger partial charge in [0.05, 0.1) is 5.56 Å². The van der Waals surface area contributed by atoms with Gasteiger partial charge in [0, 0.05) is 31.9 Å². The number of alkyl halides is 3. The highest BCUT2D eigenvalue weighted by Gasteiger charge is 2.42. The van der Waals surface area contributed by atoms with Crippen molar-refractivity contribution in [2.24, 2.45) is 11.8 Å². The molecule has 3 rings (SSSR count). The van der Waals surface area contributed by atoms with E-state index in [4.69, 9.17) is 0 Å². The zero-order valence-corrected chi connectivity index (χ0v) is 13.1. The Morgan fingerprint density at radius 1 is 1.00 bits per heavy atom. The molecule has 22 heavy (non-hydrogen) atoms. The van der Waals surface area contributed by atoms with Crippen molar-refractivity contribution in [3.8, 4) is 0 Å². The molecule has 2 fully saturated rings. The van der Waals surface area contributed by atoms with Gasteiger partial charge in [-0.1, -0.05) is 13.8 Å². The molecule has 0 saturated carbocycles. The van der Waals surface area contributed by atoms with Gasteiger partial charge >= 0.3 is 6.18 Å². The number of halogens is 4. The van der Waals surface area contributed by atoms with Gasteiger partial charge in [-0.05, 0) is 37.1 Å². The summed E-state index contributed by atoms with van der Waals surface area (Å²) in [6.07, 6.45) is -4.52. The lowest BCUT2D eigenvalue weighted by Crippen LogP contribution is -2.28. The van der Waals surface area contributed by atoms with Crippen LogP contribution in [0.3, 0.4) is 0 Å². The van der Waals surface area contributed by atoms with Crippen LogP contribution in [0.4, 0.5) is 23.2 Å². The summed E-state index contributed by atoms with van der Waals surface area (Å²) in [6.45, 7) is 7.07. The lowest BCUT2D eigenvalue weighted by molar-refractivity contribution is -0.137. The normalized spacial score (nSPS) is 25.0. The van der Waals surface area contributed by atoms with E-state index in [9.17, 15) is 17.6 Å². The highest BCUT2D eigenvalue weighted by Crippen LogP contribution is 2.40. The van der Waals surface area contributed by atoms with Crippen molar-refractivity contribution in [3.63, 3.8) is 0 Å². The van der Waals surface area contributed by atoms with E-state index in [1.54, 1.807) is 4.90 Å². The zero-order chi connectivity index (χ0) is 16.5. The molecule has 0 bridgehead atoms. The van der Waals surface area contributed by atoms with E-state index in [1.165, 1.54) is 6.07 Å². The quantitative estimate of drug-likeness (QED) is 0.725. The molecule has 2 nitrogen and oxygen atoms in total. The minimum atomic E-state index is -4.52. The Kier molecular flexibility index (Phi) is 5.00. The first-order valence-electron chi connectivity index (χ1n) is 7.65. The van der Waals surface area contributed by atoms with Crippen molar-refractivity contribution in [1.29, 1.82) is 0 Å². The summed E-state index contributed by atoms with van der Waals surface area (Å²) in [4.78, 5) is 3.96. The topological polar surface area (TPSA) is 6.48 Å². The minimum Gasteiger partial charge on any atom is -0.370 e. The summed E-state index contributed by atoms with van der Waals surface area (Å²) >= 11 is 0. The van der Waals surface area contributed by atoms with Gasteiger partial charge in [-0.2, -0.15) is 13.2 Å². The van der Waals surface area contributed by atoms with E-state index in [0.717, 1.165) is 19.2 Å². The van der Waals surface area contributed by atoms with E-state index in [1.807, 2.05) is 20.9 Å². The average Bonchev–Trinajstić information content (AvgIpc) is 2.97. The fourth-order valence-electron chi connectivity index (χ4n) is 3.44. The first kappa shape index (κ1) is 17.1. The highest BCUT2D eigenvalue weighted by molar-refractivity contribution is 5.56. The maximum absolute atomic E-state index is 13.1. The average molecular weight is 318 g/mol. The smallest absolute Gasteiger partial charge is 0.370 e. The summed E-state index contributed by atoms with van der Waals surface area (Å²) in [5, 5.41) is 0. The molecule has 2 aliphatic heterocycles. The Bertz CT molecular complexity index is 501. The van der Waals surface area contributed by atoms with Gasteiger partial charge in [-0.15, -0.1) is 0 Å². The summed E-state index contributed by atoms with van der Waals surface area (Å²) < 4.78 is 52.2. The largest absolute Gasteiger partial charge is 0.418 e. The Balaban J connectivity index is 0.000000847. The van der Waals surface area contributed by atoms with Crippen molar-refractivity contribution in [2.75, 3.05) is 38.1 Å². The number of fused-ring (bicyclic) bond motifs is 1.